The van der Waals surface area contributed by atoms with Crippen molar-refractivity contribution < 1.29 is 0 Å². The van der Waals surface area contributed by atoms with Crippen molar-refractivity contribution >= 4 is 0 Å². The van der Waals surface area contributed by atoms with Gasteiger partial charge in [-0.2, -0.15) is 0 Å². The fraction of sp³-hybridized carbons (Fsp3) is 1.00. The Morgan fingerprint density at radius 3 is 2.25 bits per heavy atom. The molecule has 1 unspecified atom stereocenters. The van der Waals surface area contributed by atoms with E-state index < -0.39 is 0 Å². The zero-order valence-corrected chi connectivity index (χ0v) is 8.78. The van der Waals surface area contributed by atoms with E-state index in [4.69, 9.17) is 0 Å². The number of rotatable bonds is 1. The first-order chi connectivity index (χ1) is 5.50. The van der Waals surface area contributed by atoms with Crippen molar-refractivity contribution in [1.82, 2.24) is 5.32 Å². The van der Waals surface area contributed by atoms with Gasteiger partial charge in [-0.05, 0) is 43.1 Å². The SMILES string of the molecule is CNC1C(C)(C)[C@H]2CC[C@@]1(C)C2. The molecule has 0 spiro atoms. The van der Waals surface area contributed by atoms with Gasteiger partial charge in [0.1, 0.15) is 0 Å². The van der Waals surface area contributed by atoms with Gasteiger partial charge >= 0.3 is 0 Å². The first-order valence-corrected chi connectivity index (χ1v) is 5.18. The van der Waals surface area contributed by atoms with Gasteiger partial charge in [0.2, 0.25) is 0 Å². The van der Waals surface area contributed by atoms with Crippen molar-refractivity contribution in [3.8, 4) is 0 Å². The molecule has 1 nitrogen and oxygen atoms in total. The molecule has 2 fully saturated rings. The summed E-state index contributed by atoms with van der Waals surface area (Å²) in [6, 6.07) is 0.740. The van der Waals surface area contributed by atoms with Crippen LogP contribution in [0.3, 0.4) is 0 Å². The third-order valence-corrected chi connectivity index (χ3v) is 4.56. The van der Waals surface area contributed by atoms with E-state index in [9.17, 15) is 0 Å². The van der Waals surface area contributed by atoms with Gasteiger partial charge in [0.15, 0.2) is 0 Å². The maximum absolute atomic E-state index is 3.53. The van der Waals surface area contributed by atoms with E-state index in [-0.39, 0.29) is 0 Å². The maximum Gasteiger partial charge on any atom is 0.0172 e. The molecule has 0 saturated heterocycles. The Labute approximate surface area is 75.9 Å². The quantitative estimate of drug-likeness (QED) is 0.632. The standard InChI is InChI=1S/C11H21N/c1-10(2)8-5-6-11(3,7-8)9(10)12-4/h8-9,12H,5-7H2,1-4H3/t8-,9?,11-/m0/s1. The lowest BCUT2D eigenvalue weighted by Crippen LogP contribution is -2.48. The highest BCUT2D eigenvalue weighted by atomic mass is 15.0. The molecule has 2 aliphatic carbocycles. The van der Waals surface area contributed by atoms with Crippen LogP contribution in [0.1, 0.15) is 40.0 Å². The highest BCUT2D eigenvalue weighted by Gasteiger charge is 2.58. The van der Waals surface area contributed by atoms with E-state index in [1.807, 2.05) is 0 Å². The van der Waals surface area contributed by atoms with Gasteiger partial charge in [-0.25, -0.2) is 0 Å². The van der Waals surface area contributed by atoms with Crippen LogP contribution in [0.15, 0.2) is 0 Å². The van der Waals surface area contributed by atoms with Crippen molar-refractivity contribution in [1.29, 1.82) is 0 Å². The molecule has 70 valence electrons. The molecule has 12 heavy (non-hydrogen) atoms. The van der Waals surface area contributed by atoms with Crippen LogP contribution in [0.25, 0.3) is 0 Å². The maximum atomic E-state index is 3.53. The van der Waals surface area contributed by atoms with Crippen LogP contribution >= 0.6 is 0 Å². The molecule has 0 aromatic rings. The summed E-state index contributed by atoms with van der Waals surface area (Å²) in [5.41, 5.74) is 1.13. The zero-order valence-electron chi connectivity index (χ0n) is 8.78. The monoisotopic (exact) mass is 167 g/mol. The molecule has 0 heterocycles. The number of fused-ring (bicyclic) bond motifs is 2. The fourth-order valence-corrected chi connectivity index (χ4v) is 4.02. The number of hydrogen-bond acceptors (Lipinski definition) is 1. The van der Waals surface area contributed by atoms with Crippen molar-refractivity contribution in [3.05, 3.63) is 0 Å². The largest absolute Gasteiger partial charge is 0.316 e. The van der Waals surface area contributed by atoms with Crippen molar-refractivity contribution in [2.75, 3.05) is 7.05 Å². The Morgan fingerprint density at radius 2 is 1.92 bits per heavy atom. The first kappa shape index (κ1) is 8.55. The normalized spacial score (nSPS) is 50.0. The molecule has 3 atom stereocenters. The molecule has 0 aromatic heterocycles. The molecule has 2 rings (SSSR count). The molecule has 2 saturated carbocycles. The summed E-state index contributed by atoms with van der Waals surface area (Å²) in [5, 5.41) is 3.53. The lowest BCUT2D eigenvalue weighted by Gasteiger charge is -2.42. The van der Waals surface area contributed by atoms with Gasteiger partial charge in [0.05, 0.1) is 0 Å². The Bertz CT molecular complexity index is 192. The van der Waals surface area contributed by atoms with Gasteiger partial charge in [0, 0.05) is 6.04 Å². The van der Waals surface area contributed by atoms with Crippen molar-refractivity contribution in [2.24, 2.45) is 16.7 Å². The number of hydrogen-bond donors (Lipinski definition) is 1. The summed E-state index contributed by atoms with van der Waals surface area (Å²) >= 11 is 0. The van der Waals surface area contributed by atoms with Crippen molar-refractivity contribution in [2.45, 2.75) is 46.1 Å². The summed E-state index contributed by atoms with van der Waals surface area (Å²) in [6.45, 7) is 7.33. The second-order valence-corrected chi connectivity index (χ2v) is 5.64. The molecule has 0 aromatic carbocycles. The van der Waals surface area contributed by atoms with Gasteiger partial charge in [-0.1, -0.05) is 20.8 Å². The van der Waals surface area contributed by atoms with Crippen LogP contribution in [-0.4, -0.2) is 13.1 Å². The molecular weight excluding hydrogens is 146 g/mol. The van der Waals surface area contributed by atoms with Gasteiger partial charge < -0.3 is 5.32 Å². The Morgan fingerprint density at radius 1 is 1.25 bits per heavy atom. The Balaban J connectivity index is 2.31. The molecule has 0 aliphatic heterocycles. The second kappa shape index (κ2) is 2.25. The molecule has 0 radical (unpaired) electrons. The summed E-state index contributed by atoms with van der Waals surface area (Å²) < 4.78 is 0. The van der Waals surface area contributed by atoms with E-state index in [1.165, 1.54) is 19.3 Å². The number of nitrogens with one attached hydrogen (secondary N) is 1. The van der Waals surface area contributed by atoms with E-state index in [0.717, 1.165) is 12.0 Å². The van der Waals surface area contributed by atoms with Crippen LogP contribution in [-0.2, 0) is 0 Å². The average Bonchev–Trinajstić information content (AvgIpc) is 2.39. The lowest BCUT2D eigenvalue weighted by atomic mass is 9.68. The van der Waals surface area contributed by atoms with Crippen LogP contribution in [0.2, 0.25) is 0 Å². The van der Waals surface area contributed by atoms with E-state index in [1.54, 1.807) is 0 Å². The topological polar surface area (TPSA) is 12.0 Å². The minimum atomic E-state index is 0.530. The van der Waals surface area contributed by atoms with E-state index in [2.05, 4.69) is 33.1 Å². The van der Waals surface area contributed by atoms with E-state index >= 15 is 0 Å². The van der Waals surface area contributed by atoms with Crippen LogP contribution in [0.4, 0.5) is 0 Å². The first-order valence-electron chi connectivity index (χ1n) is 5.18. The average molecular weight is 167 g/mol. The van der Waals surface area contributed by atoms with Crippen LogP contribution in [0, 0.1) is 16.7 Å². The fourth-order valence-electron chi connectivity index (χ4n) is 4.02. The Kier molecular flexibility index (Phi) is 1.61. The minimum absolute atomic E-state index is 0.530. The van der Waals surface area contributed by atoms with Gasteiger partial charge in [0.25, 0.3) is 0 Å². The summed E-state index contributed by atoms with van der Waals surface area (Å²) in [5.74, 6) is 0.972. The zero-order chi connectivity index (χ0) is 8.98. The summed E-state index contributed by atoms with van der Waals surface area (Å²) in [7, 11) is 2.12. The summed E-state index contributed by atoms with van der Waals surface area (Å²) in [6.07, 6.45) is 4.35. The highest BCUT2D eigenvalue weighted by Crippen LogP contribution is 2.62. The van der Waals surface area contributed by atoms with E-state index in [0.29, 0.717) is 10.8 Å². The molecule has 2 aliphatic rings. The molecule has 0 amide bonds. The van der Waals surface area contributed by atoms with Crippen molar-refractivity contribution in [3.63, 3.8) is 0 Å². The highest BCUT2D eigenvalue weighted by molar-refractivity contribution is 5.11. The second-order valence-electron chi connectivity index (χ2n) is 5.64. The third kappa shape index (κ3) is 0.834. The molecular formula is C11H21N. The lowest BCUT2D eigenvalue weighted by molar-refractivity contribution is 0.116. The minimum Gasteiger partial charge on any atom is -0.316 e. The smallest absolute Gasteiger partial charge is 0.0172 e. The van der Waals surface area contributed by atoms with Crippen LogP contribution in [0.5, 0.6) is 0 Å². The van der Waals surface area contributed by atoms with Gasteiger partial charge in [-0.15, -0.1) is 0 Å². The predicted octanol–water partition coefficient (Wildman–Crippen LogP) is 2.42. The van der Waals surface area contributed by atoms with Crippen LogP contribution < -0.4 is 5.32 Å². The van der Waals surface area contributed by atoms with Gasteiger partial charge in [-0.3, -0.25) is 0 Å². The molecule has 1 heteroatoms. The Hall–Kier alpha value is -0.0400. The molecule has 2 bridgehead atoms. The predicted molar refractivity (Wildman–Crippen MR) is 52.1 cm³/mol. The summed E-state index contributed by atoms with van der Waals surface area (Å²) in [4.78, 5) is 0. The third-order valence-electron chi connectivity index (χ3n) is 4.56. The molecule has 1 N–H and O–H groups in total.